The van der Waals surface area contributed by atoms with E-state index in [0.29, 0.717) is 11.3 Å². The number of rotatable bonds is 4. The lowest BCUT2D eigenvalue weighted by atomic mass is 10.3. The molecule has 0 bridgehead atoms. The highest BCUT2D eigenvalue weighted by atomic mass is 31.2. The van der Waals surface area contributed by atoms with Crippen molar-refractivity contribution in [2.45, 2.75) is 11.8 Å². The van der Waals surface area contributed by atoms with Crippen LogP contribution in [0.25, 0.3) is 5.65 Å². The van der Waals surface area contributed by atoms with Gasteiger partial charge in [0.05, 0.1) is 0 Å². The second kappa shape index (κ2) is 4.83. The summed E-state index contributed by atoms with van der Waals surface area (Å²) in [6, 6.07) is 5.09. The van der Waals surface area contributed by atoms with E-state index in [9.17, 15) is 9.13 Å². The highest BCUT2D eigenvalue weighted by Crippen LogP contribution is 2.60. The van der Waals surface area contributed by atoms with Gasteiger partial charge in [0, 0.05) is 24.5 Å². The lowest BCUT2D eigenvalue weighted by Crippen LogP contribution is -2.13. The minimum absolute atomic E-state index is 0.326. The van der Waals surface area contributed by atoms with Crippen molar-refractivity contribution in [2.24, 2.45) is 0 Å². The monoisotopic (exact) mass is 306 g/mol. The van der Waals surface area contributed by atoms with Crippen molar-refractivity contribution in [3.05, 3.63) is 36.3 Å². The Hall–Kier alpha value is -1.01. The highest BCUT2D eigenvalue weighted by Gasteiger charge is 2.43. The quantitative estimate of drug-likeness (QED) is 0.606. The molecule has 0 spiro atoms. The Balaban J connectivity index is 2.43. The summed E-state index contributed by atoms with van der Waals surface area (Å²) in [6.07, 6.45) is 2.49. The Morgan fingerprint density at radius 1 is 1.16 bits per heavy atom. The van der Waals surface area contributed by atoms with Crippen LogP contribution in [-0.2, 0) is 15.6 Å². The van der Waals surface area contributed by atoms with Gasteiger partial charge in [-0.1, -0.05) is 6.07 Å². The number of imidazole rings is 1. The van der Waals surface area contributed by atoms with Crippen LogP contribution in [0.3, 0.4) is 0 Å². The van der Waals surface area contributed by atoms with Gasteiger partial charge in [-0.3, -0.25) is 9.13 Å². The maximum atomic E-state index is 11.2. The molecule has 10 heteroatoms. The lowest BCUT2D eigenvalue weighted by molar-refractivity contribution is 0.337. The van der Waals surface area contributed by atoms with Crippen LogP contribution < -0.4 is 0 Å². The van der Waals surface area contributed by atoms with Crippen molar-refractivity contribution >= 4 is 20.8 Å². The molecule has 2 rings (SSSR count). The average molecular weight is 306 g/mol. The van der Waals surface area contributed by atoms with Crippen LogP contribution in [0, 0.1) is 0 Å². The van der Waals surface area contributed by atoms with Gasteiger partial charge in [0.2, 0.25) is 0 Å². The topological polar surface area (TPSA) is 132 Å². The van der Waals surface area contributed by atoms with Gasteiger partial charge in [-0.15, -0.1) is 0 Å². The van der Waals surface area contributed by atoms with E-state index in [4.69, 9.17) is 19.6 Å². The molecule has 0 saturated heterocycles. The molecule has 0 aliphatic carbocycles. The summed E-state index contributed by atoms with van der Waals surface area (Å²) in [5.74, 6) is 0. The van der Waals surface area contributed by atoms with E-state index in [1.54, 1.807) is 24.4 Å². The first-order valence-corrected chi connectivity index (χ1v) is 8.57. The van der Waals surface area contributed by atoms with Gasteiger partial charge in [0.1, 0.15) is 5.65 Å². The lowest BCUT2D eigenvalue weighted by Gasteiger charge is -2.19. The van der Waals surface area contributed by atoms with Crippen LogP contribution >= 0.6 is 15.2 Å². The molecule has 0 aliphatic heterocycles. The highest BCUT2D eigenvalue weighted by molar-refractivity contribution is 7.70. The zero-order chi connectivity index (χ0) is 14.3. The summed E-state index contributed by atoms with van der Waals surface area (Å²) < 4.78 is 24.0. The first-order chi connectivity index (χ1) is 8.69. The van der Waals surface area contributed by atoms with E-state index in [1.165, 1.54) is 10.6 Å². The van der Waals surface area contributed by atoms with Crippen molar-refractivity contribution in [1.82, 2.24) is 9.38 Å². The standard InChI is InChI=1S/C9H12N2O6P2/c12-18(13,14)9(19(15,16)17)5-7-6-10-8-3-1-2-4-11(7)8/h1-4,6,9H,5H2,(H2,12,13,14)(H2,15,16,17). The third-order valence-corrected chi connectivity index (χ3v) is 6.39. The number of fused-ring (bicyclic) bond motifs is 1. The van der Waals surface area contributed by atoms with E-state index >= 15 is 0 Å². The molecule has 0 aromatic carbocycles. The zero-order valence-electron chi connectivity index (χ0n) is 9.57. The third kappa shape index (κ3) is 3.12. The summed E-state index contributed by atoms with van der Waals surface area (Å²) in [5, 5.41) is -2.06. The van der Waals surface area contributed by atoms with Crippen LogP contribution in [-0.4, -0.2) is 34.4 Å². The number of hydrogen-bond acceptors (Lipinski definition) is 3. The molecule has 104 valence electrons. The van der Waals surface area contributed by atoms with Crippen molar-refractivity contribution < 1.29 is 28.7 Å². The van der Waals surface area contributed by atoms with Crippen molar-refractivity contribution in [3.8, 4) is 0 Å². The Labute approximate surface area is 108 Å². The van der Waals surface area contributed by atoms with Gasteiger partial charge in [-0.2, -0.15) is 0 Å². The molecule has 0 amide bonds. The smallest absolute Gasteiger partial charge is 0.324 e. The van der Waals surface area contributed by atoms with Gasteiger partial charge in [-0.25, -0.2) is 4.98 Å². The molecule has 0 aliphatic rings. The van der Waals surface area contributed by atoms with Gasteiger partial charge in [0.15, 0.2) is 5.40 Å². The Morgan fingerprint density at radius 3 is 2.37 bits per heavy atom. The van der Waals surface area contributed by atoms with Crippen molar-refractivity contribution in [2.75, 3.05) is 0 Å². The van der Waals surface area contributed by atoms with Crippen LogP contribution in [0.15, 0.2) is 30.6 Å². The van der Waals surface area contributed by atoms with Gasteiger partial charge in [0.25, 0.3) is 0 Å². The predicted molar refractivity (Wildman–Crippen MR) is 66.8 cm³/mol. The molecule has 8 nitrogen and oxygen atoms in total. The van der Waals surface area contributed by atoms with Crippen LogP contribution in [0.1, 0.15) is 5.69 Å². The first kappa shape index (κ1) is 14.4. The molecule has 0 atom stereocenters. The van der Waals surface area contributed by atoms with Crippen LogP contribution in [0.4, 0.5) is 0 Å². The SMILES string of the molecule is O=P(O)(O)C(Cc1cnc2ccccn12)P(=O)(O)O. The minimum Gasteiger partial charge on any atom is -0.324 e. The van der Waals surface area contributed by atoms with Crippen LogP contribution in [0.2, 0.25) is 0 Å². The molecule has 4 N–H and O–H groups in total. The van der Waals surface area contributed by atoms with E-state index in [1.807, 2.05) is 0 Å². The fraction of sp³-hybridized carbons (Fsp3) is 0.222. The van der Waals surface area contributed by atoms with Crippen molar-refractivity contribution in [1.29, 1.82) is 0 Å². The molecule has 2 heterocycles. The molecule has 2 aromatic heterocycles. The van der Waals surface area contributed by atoms with E-state index in [0.717, 1.165) is 0 Å². The number of aromatic nitrogens is 2. The summed E-state index contributed by atoms with van der Waals surface area (Å²) in [7, 11) is -9.84. The minimum atomic E-state index is -4.92. The van der Waals surface area contributed by atoms with Crippen molar-refractivity contribution in [3.63, 3.8) is 0 Å². The second-order valence-corrected chi connectivity index (χ2v) is 8.05. The normalized spacial score (nSPS) is 13.3. The zero-order valence-corrected chi connectivity index (χ0v) is 11.4. The Kier molecular flexibility index (Phi) is 3.66. The fourth-order valence-electron chi connectivity index (χ4n) is 1.76. The predicted octanol–water partition coefficient (Wildman–Crippen LogP) is 0.558. The maximum Gasteiger partial charge on any atom is 0.341 e. The Bertz CT molecular complexity index is 665. The molecule has 0 saturated carbocycles. The van der Waals surface area contributed by atoms with E-state index in [2.05, 4.69) is 4.98 Å². The van der Waals surface area contributed by atoms with Gasteiger partial charge in [-0.05, 0) is 12.1 Å². The number of nitrogens with zero attached hydrogens (tertiary/aromatic N) is 2. The fourth-order valence-corrected chi connectivity index (χ4v) is 4.17. The molecule has 19 heavy (non-hydrogen) atoms. The second-order valence-electron chi connectivity index (χ2n) is 4.04. The van der Waals surface area contributed by atoms with E-state index in [-0.39, 0.29) is 0 Å². The Morgan fingerprint density at radius 2 is 1.79 bits per heavy atom. The molecule has 0 radical (unpaired) electrons. The maximum absolute atomic E-state index is 11.2. The largest absolute Gasteiger partial charge is 0.341 e. The molecule has 0 unspecified atom stereocenters. The molecule has 2 aromatic rings. The summed E-state index contributed by atoms with van der Waals surface area (Å²) >= 11 is 0. The molecular formula is C9H12N2O6P2. The summed E-state index contributed by atoms with van der Waals surface area (Å²) in [5.41, 5.74) is 0.861. The number of pyridine rings is 1. The number of hydrogen-bond donors (Lipinski definition) is 4. The summed E-state index contributed by atoms with van der Waals surface area (Å²) in [4.78, 5) is 40.3. The average Bonchev–Trinajstić information content (AvgIpc) is 2.66. The third-order valence-electron chi connectivity index (χ3n) is 2.66. The van der Waals surface area contributed by atoms with E-state index < -0.39 is 27.0 Å². The van der Waals surface area contributed by atoms with Gasteiger partial charge >= 0.3 is 15.2 Å². The summed E-state index contributed by atoms with van der Waals surface area (Å²) in [6.45, 7) is 0. The van der Waals surface area contributed by atoms with Crippen LogP contribution in [0.5, 0.6) is 0 Å². The molecule has 0 fully saturated rings. The molecular weight excluding hydrogens is 294 g/mol. The first-order valence-electron chi connectivity index (χ1n) is 5.21. The van der Waals surface area contributed by atoms with Gasteiger partial charge < -0.3 is 24.0 Å².